The molecule has 0 bridgehead atoms. The summed E-state index contributed by atoms with van der Waals surface area (Å²) in [6.45, 7) is 0. The second kappa shape index (κ2) is 5.58. The number of anilines is 3. The van der Waals surface area contributed by atoms with Gasteiger partial charge in [-0.3, -0.25) is 0 Å². The lowest BCUT2D eigenvalue weighted by Gasteiger charge is -2.13. The second-order valence-electron chi connectivity index (χ2n) is 4.00. The highest BCUT2D eigenvalue weighted by molar-refractivity contribution is 6.33. The van der Waals surface area contributed by atoms with Gasteiger partial charge in [-0.1, -0.05) is 11.6 Å². The van der Waals surface area contributed by atoms with Gasteiger partial charge in [0.2, 0.25) is 0 Å². The van der Waals surface area contributed by atoms with E-state index in [2.05, 4.69) is 15.6 Å². The summed E-state index contributed by atoms with van der Waals surface area (Å²) in [6.07, 6.45) is -2.87. The van der Waals surface area contributed by atoms with Crippen molar-refractivity contribution in [3.05, 3.63) is 47.1 Å². The number of pyridine rings is 1. The van der Waals surface area contributed by atoms with E-state index in [0.717, 1.165) is 12.1 Å². The molecule has 0 radical (unpaired) electrons. The van der Waals surface area contributed by atoms with E-state index >= 15 is 0 Å². The molecule has 0 atom stereocenters. The lowest BCUT2D eigenvalue weighted by atomic mass is 10.2. The summed E-state index contributed by atoms with van der Waals surface area (Å²) in [5, 5.41) is 5.90. The molecule has 0 saturated carbocycles. The molecule has 0 unspecified atom stereocenters. The number of hydrogen-bond donors (Lipinski definition) is 2. The number of rotatable bonds is 3. The molecule has 3 nitrogen and oxygen atoms in total. The lowest BCUT2D eigenvalue weighted by Crippen LogP contribution is -2.05. The van der Waals surface area contributed by atoms with E-state index in [0.29, 0.717) is 11.5 Å². The van der Waals surface area contributed by atoms with Gasteiger partial charge in [0, 0.05) is 25.0 Å². The molecule has 2 rings (SSSR count). The van der Waals surface area contributed by atoms with Gasteiger partial charge in [0.25, 0.3) is 0 Å². The molecule has 0 aliphatic carbocycles. The number of halogens is 4. The average molecular weight is 302 g/mol. The van der Waals surface area contributed by atoms with Crippen molar-refractivity contribution in [1.82, 2.24) is 4.98 Å². The highest BCUT2D eigenvalue weighted by Gasteiger charge is 2.30. The fourth-order valence-electron chi connectivity index (χ4n) is 1.60. The Hall–Kier alpha value is -1.95. The predicted molar refractivity (Wildman–Crippen MR) is 73.5 cm³/mol. The first kappa shape index (κ1) is 14.5. The summed E-state index contributed by atoms with van der Waals surface area (Å²) < 4.78 is 38.0. The van der Waals surface area contributed by atoms with Gasteiger partial charge < -0.3 is 10.6 Å². The minimum Gasteiger partial charge on any atom is -0.373 e. The van der Waals surface area contributed by atoms with Gasteiger partial charge in [0.05, 0.1) is 16.3 Å². The van der Waals surface area contributed by atoms with E-state index in [-0.39, 0.29) is 10.7 Å². The summed E-state index contributed by atoms with van der Waals surface area (Å²) >= 11 is 5.91. The van der Waals surface area contributed by atoms with Crippen molar-refractivity contribution in [3.8, 4) is 0 Å². The zero-order valence-electron chi connectivity index (χ0n) is 10.4. The third-order valence-corrected chi connectivity index (χ3v) is 2.92. The van der Waals surface area contributed by atoms with E-state index in [1.54, 1.807) is 19.2 Å². The monoisotopic (exact) mass is 301 g/mol. The first-order chi connectivity index (χ1) is 9.40. The molecule has 7 heteroatoms. The molecule has 0 spiro atoms. The number of nitrogens with one attached hydrogen (secondary N) is 2. The molecule has 0 aliphatic rings. The van der Waals surface area contributed by atoms with Crippen molar-refractivity contribution >= 4 is 28.8 Å². The highest BCUT2D eigenvalue weighted by atomic mass is 35.5. The molecule has 1 heterocycles. The Morgan fingerprint density at radius 1 is 1.15 bits per heavy atom. The topological polar surface area (TPSA) is 37.0 Å². The van der Waals surface area contributed by atoms with Crippen LogP contribution in [0.4, 0.5) is 30.4 Å². The fraction of sp³-hybridized carbons (Fsp3) is 0.154. The van der Waals surface area contributed by atoms with Crippen molar-refractivity contribution in [2.75, 3.05) is 17.7 Å². The minimum atomic E-state index is -4.41. The van der Waals surface area contributed by atoms with Crippen LogP contribution in [0, 0.1) is 0 Å². The Labute approximate surface area is 118 Å². The van der Waals surface area contributed by atoms with Gasteiger partial charge in [0.1, 0.15) is 5.82 Å². The Kier molecular flexibility index (Phi) is 4.04. The van der Waals surface area contributed by atoms with Crippen molar-refractivity contribution in [1.29, 1.82) is 0 Å². The first-order valence-electron chi connectivity index (χ1n) is 5.68. The van der Waals surface area contributed by atoms with Crippen LogP contribution in [0.2, 0.25) is 5.02 Å². The van der Waals surface area contributed by atoms with Crippen molar-refractivity contribution in [2.45, 2.75) is 6.18 Å². The average Bonchev–Trinajstić information content (AvgIpc) is 2.40. The molecule has 2 aromatic rings. The molecular weight excluding hydrogens is 291 g/mol. The Balaban J connectivity index is 2.32. The first-order valence-corrected chi connectivity index (χ1v) is 6.05. The maximum atomic E-state index is 12.7. The third-order valence-electron chi connectivity index (χ3n) is 2.59. The third kappa shape index (κ3) is 3.33. The molecule has 0 aliphatic heterocycles. The maximum Gasteiger partial charge on any atom is 0.416 e. The van der Waals surface area contributed by atoms with Gasteiger partial charge in [-0.05, 0) is 24.3 Å². The molecule has 0 amide bonds. The van der Waals surface area contributed by atoms with Gasteiger partial charge >= 0.3 is 6.18 Å². The minimum absolute atomic E-state index is 0.190. The normalized spacial score (nSPS) is 11.2. The Morgan fingerprint density at radius 3 is 2.55 bits per heavy atom. The standard InChI is InChI=1S/C13H11ClF3N3/c1-18-12-7-9(4-5-19-12)20-11-6-8(13(15,16)17)2-3-10(11)14/h2-7H,1H3,(H2,18,19,20). The van der Waals surface area contributed by atoms with Gasteiger partial charge in [0.15, 0.2) is 0 Å². The summed E-state index contributed by atoms with van der Waals surface area (Å²) in [4.78, 5) is 4.01. The van der Waals surface area contributed by atoms with Crippen LogP contribution in [0.15, 0.2) is 36.5 Å². The van der Waals surface area contributed by atoms with Gasteiger partial charge in [-0.2, -0.15) is 13.2 Å². The Morgan fingerprint density at radius 2 is 1.90 bits per heavy atom. The van der Waals surface area contributed by atoms with Crippen LogP contribution in [0.3, 0.4) is 0 Å². The molecule has 20 heavy (non-hydrogen) atoms. The van der Waals surface area contributed by atoms with Gasteiger partial charge in [-0.15, -0.1) is 0 Å². The summed E-state index contributed by atoms with van der Waals surface area (Å²) in [5.74, 6) is 0.595. The van der Waals surface area contributed by atoms with E-state index in [1.807, 2.05) is 0 Å². The number of alkyl halides is 3. The predicted octanol–water partition coefficient (Wildman–Crippen LogP) is 4.54. The quantitative estimate of drug-likeness (QED) is 0.874. The molecule has 1 aromatic carbocycles. The largest absolute Gasteiger partial charge is 0.416 e. The molecular formula is C13H11ClF3N3. The van der Waals surface area contributed by atoms with Gasteiger partial charge in [-0.25, -0.2) is 4.98 Å². The van der Waals surface area contributed by atoms with Crippen LogP contribution < -0.4 is 10.6 Å². The van der Waals surface area contributed by atoms with Crippen LogP contribution in [0.1, 0.15) is 5.56 Å². The maximum absolute atomic E-state index is 12.7. The number of nitrogens with zero attached hydrogens (tertiary/aromatic N) is 1. The molecule has 0 fully saturated rings. The second-order valence-corrected chi connectivity index (χ2v) is 4.40. The van der Waals surface area contributed by atoms with Crippen LogP contribution in [0.25, 0.3) is 0 Å². The van der Waals surface area contributed by atoms with Crippen molar-refractivity contribution in [3.63, 3.8) is 0 Å². The summed E-state index contributed by atoms with van der Waals surface area (Å²) in [6, 6.07) is 6.43. The summed E-state index contributed by atoms with van der Waals surface area (Å²) in [7, 11) is 1.70. The molecule has 2 N–H and O–H groups in total. The zero-order valence-corrected chi connectivity index (χ0v) is 11.2. The van der Waals surface area contributed by atoms with Crippen molar-refractivity contribution in [2.24, 2.45) is 0 Å². The van der Waals surface area contributed by atoms with E-state index < -0.39 is 11.7 Å². The molecule has 106 valence electrons. The highest BCUT2D eigenvalue weighted by Crippen LogP contribution is 2.35. The Bertz CT molecular complexity index is 614. The lowest BCUT2D eigenvalue weighted by molar-refractivity contribution is -0.137. The van der Waals surface area contributed by atoms with Crippen LogP contribution in [-0.2, 0) is 6.18 Å². The van der Waals surface area contributed by atoms with E-state index in [4.69, 9.17) is 11.6 Å². The SMILES string of the molecule is CNc1cc(Nc2cc(C(F)(F)F)ccc2Cl)ccn1. The van der Waals surface area contributed by atoms with Crippen molar-refractivity contribution < 1.29 is 13.2 Å². The molecule has 0 saturated heterocycles. The summed E-state index contributed by atoms with van der Waals surface area (Å²) in [5.41, 5.74) is 0.0209. The number of benzene rings is 1. The fourth-order valence-corrected chi connectivity index (χ4v) is 1.76. The number of aromatic nitrogens is 1. The molecule has 1 aromatic heterocycles. The number of hydrogen-bond acceptors (Lipinski definition) is 3. The van der Waals surface area contributed by atoms with Crippen LogP contribution in [0.5, 0.6) is 0 Å². The smallest absolute Gasteiger partial charge is 0.373 e. The van der Waals surface area contributed by atoms with Crippen LogP contribution >= 0.6 is 11.6 Å². The van der Waals surface area contributed by atoms with Crippen LogP contribution in [-0.4, -0.2) is 12.0 Å². The van der Waals surface area contributed by atoms with E-state index in [1.165, 1.54) is 12.3 Å². The zero-order chi connectivity index (χ0) is 14.8. The van der Waals surface area contributed by atoms with E-state index in [9.17, 15) is 13.2 Å².